The highest BCUT2D eigenvalue weighted by molar-refractivity contribution is 7.89. The Balaban J connectivity index is 2.01. The van der Waals surface area contributed by atoms with E-state index in [0.29, 0.717) is 13.1 Å². The highest BCUT2D eigenvalue weighted by Gasteiger charge is 2.20. The lowest BCUT2D eigenvalue weighted by Crippen LogP contribution is -2.30. The summed E-state index contributed by atoms with van der Waals surface area (Å²) in [6.45, 7) is 8.54. The topological polar surface area (TPSA) is 66.5 Å². The summed E-state index contributed by atoms with van der Waals surface area (Å²) >= 11 is 0. The van der Waals surface area contributed by atoms with E-state index in [-0.39, 0.29) is 16.8 Å². The normalized spacial score (nSPS) is 13.0. The molecule has 0 aromatic heterocycles. The van der Waals surface area contributed by atoms with E-state index in [1.165, 1.54) is 15.9 Å². The van der Waals surface area contributed by atoms with Gasteiger partial charge < -0.3 is 5.32 Å². The van der Waals surface area contributed by atoms with Gasteiger partial charge in [-0.05, 0) is 48.2 Å². The van der Waals surface area contributed by atoms with Crippen molar-refractivity contribution in [1.29, 1.82) is 0 Å². The van der Waals surface area contributed by atoms with E-state index < -0.39 is 10.0 Å². The van der Waals surface area contributed by atoms with E-state index in [1.54, 1.807) is 30.3 Å². The van der Waals surface area contributed by atoms with Crippen LogP contribution in [-0.2, 0) is 21.2 Å². The largest absolute Gasteiger partial charge is 0.346 e. The third-order valence-electron chi connectivity index (χ3n) is 4.90. The number of carbonyl (C=O) groups is 1. The van der Waals surface area contributed by atoms with Crippen LogP contribution >= 0.6 is 0 Å². The number of nitrogens with zero attached hydrogens (tertiary/aromatic N) is 1. The SMILES string of the molecule is CCc1ccc(C(C)NC(=O)/C=C/c2ccc(S(=O)(=O)N(CC)CC)cc2)cc1. The Morgan fingerprint density at radius 2 is 1.59 bits per heavy atom. The van der Waals surface area contributed by atoms with Gasteiger partial charge in [0.15, 0.2) is 0 Å². The molecule has 156 valence electrons. The van der Waals surface area contributed by atoms with Crippen molar-refractivity contribution in [2.45, 2.75) is 45.1 Å². The van der Waals surface area contributed by atoms with E-state index in [0.717, 1.165) is 17.5 Å². The van der Waals surface area contributed by atoms with Crippen molar-refractivity contribution in [3.63, 3.8) is 0 Å². The molecule has 0 radical (unpaired) electrons. The molecule has 0 aliphatic carbocycles. The summed E-state index contributed by atoms with van der Waals surface area (Å²) in [5, 5.41) is 2.94. The summed E-state index contributed by atoms with van der Waals surface area (Å²) in [5.41, 5.74) is 3.08. The molecule has 0 heterocycles. The van der Waals surface area contributed by atoms with E-state index in [9.17, 15) is 13.2 Å². The van der Waals surface area contributed by atoms with Crippen molar-refractivity contribution in [1.82, 2.24) is 9.62 Å². The molecule has 6 heteroatoms. The summed E-state index contributed by atoms with van der Waals surface area (Å²) in [6.07, 6.45) is 4.12. The summed E-state index contributed by atoms with van der Waals surface area (Å²) in [5.74, 6) is -0.197. The monoisotopic (exact) mass is 414 g/mol. The number of aryl methyl sites for hydroxylation is 1. The van der Waals surface area contributed by atoms with Crippen LogP contribution in [0.3, 0.4) is 0 Å². The first-order chi connectivity index (χ1) is 13.8. The van der Waals surface area contributed by atoms with E-state index in [4.69, 9.17) is 0 Å². The first-order valence-corrected chi connectivity index (χ1v) is 11.4. The smallest absolute Gasteiger partial charge is 0.244 e. The van der Waals surface area contributed by atoms with Gasteiger partial charge in [0, 0.05) is 19.2 Å². The minimum Gasteiger partial charge on any atom is -0.346 e. The molecule has 0 bridgehead atoms. The Kier molecular flexibility index (Phi) is 8.17. The minimum atomic E-state index is -3.47. The Labute approximate surface area is 174 Å². The Morgan fingerprint density at radius 3 is 2.10 bits per heavy atom. The molecule has 29 heavy (non-hydrogen) atoms. The van der Waals surface area contributed by atoms with Crippen LogP contribution < -0.4 is 5.32 Å². The third kappa shape index (κ3) is 6.02. The molecule has 0 spiro atoms. The maximum absolute atomic E-state index is 12.5. The Hall–Kier alpha value is -2.44. The van der Waals surface area contributed by atoms with Crippen molar-refractivity contribution < 1.29 is 13.2 Å². The molecule has 2 rings (SSSR count). The zero-order valence-electron chi connectivity index (χ0n) is 17.6. The van der Waals surface area contributed by atoms with Gasteiger partial charge in [-0.15, -0.1) is 0 Å². The quantitative estimate of drug-likeness (QED) is 0.626. The number of benzene rings is 2. The number of hydrogen-bond donors (Lipinski definition) is 1. The van der Waals surface area contributed by atoms with Crippen LogP contribution in [0.2, 0.25) is 0 Å². The molecule has 0 aliphatic rings. The predicted octanol–water partition coefficient (Wildman–Crippen LogP) is 4.17. The summed E-state index contributed by atoms with van der Waals surface area (Å²) < 4.78 is 26.4. The maximum atomic E-state index is 12.5. The molecule has 0 saturated carbocycles. The fourth-order valence-electron chi connectivity index (χ4n) is 3.02. The van der Waals surface area contributed by atoms with Crippen molar-refractivity contribution in [2.24, 2.45) is 0 Å². The van der Waals surface area contributed by atoms with Crippen LogP contribution in [0.1, 0.15) is 50.4 Å². The second kappa shape index (κ2) is 10.4. The molecule has 0 fully saturated rings. The third-order valence-corrected chi connectivity index (χ3v) is 6.96. The van der Waals surface area contributed by atoms with Gasteiger partial charge in [-0.1, -0.05) is 57.2 Å². The predicted molar refractivity (Wildman–Crippen MR) is 118 cm³/mol. The second-order valence-corrected chi connectivity index (χ2v) is 8.76. The van der Waals surface area contributed by atoms with Gasteiger partial charge in [0.2, 0.25) is 15.9 Å². The number of hydrogen-bond acceptors (Lipinski definition) is 3. The molecular formula is C23H30N2O3S. The summed E-state index contributed by atoms with van der Waals surface area (Å²) in [6, 6.07) is 14.7. The molecule has 2 aromatic rings. The van der Waals surface area contributed by atoms with Crippen LogP contribution in [0.4, 0.5) is 0 Å². The van der Waals surface area contributed by atoms with Crippen molar-refractivity contribution in [2.75, 3.05) is 13.1 Å². The van der Waals surface area contributed by atoms with Gasteiger partial charge in [-0.2, -0.15) is 4.31 Å². The summed E-state index contributed by atoms with van der Waals surface area (Å²) in [7, 11) is -3.47. The molecule has 1 amide bonds. The lowest BCUT2D eigenvalue weighted by Gasteiger charge is -2.18. The second-order valence-electron chi connectivity index (χ2n) is 6.82. The fraction of sp³-hybridized carbons (Fsp3) is 0.348. The first-order valence-electron chi connectivity index (χ1n) is 9.99. The molecule has 0 saturated heterocycles. The fourth-order valence-corrected chi connectivity index (χ4v) is 4.48. The van der Waals surface area contributed by atoms with E-state index in [1.807, 2.05) is 32.9 Å². The van der Waals surface area contributed by atoms with Gasteiger partial charge in [0.05, 0.1) is 10.9 Å². The molecule has 2 aromatic carbocycles. The van der Waals surface area contributed by atoms with Crippen LogP contribution in [0.15, 0.2) is 59.5 Å². The number of rotatable bonds is 9. The van der Waals surface area contributed by atoms with Gasteiger partial charge in [0.25, 0.3) is 0 Å². The van der Waals surface area contributed by atoms with Crippen molar-refractivity contribution >= 4 is 22.0 Å². The highest BCUT2D eigenvalue weighted by atomic mass is 32.2. The zero-order chi connectivity index (χ0) is 21.4. The van der Waals surface area contributed by atoms with Gasteiger partial charge in [0.1, 0.15) is 0 Å². The van der Waals surface area contributed by atoms with Crippen molar-refractivity contribution in [3.05, 3.63) is 71.3 Å². The minimum absolute atomic E-state index is 0.0976. The van der Waals surface area contributed by atoms with E-state index in [2.05, 4.69) is 24.4 Å². The van der Waals surface area contributed by atoms with Crippen LogP contribution in [-0.4, -0.2) is 31.7 Å². The lowest BCUT2D eigenvalue weighted by molar-refractivity contribution is -0.117. The van der Waals surface area contributed by atoms with Gasteiger partial charge in [-0.25, -0.2) is 8.42 Å². The number of nitrogens with one attached hydrogen (secondary N) is 1. The van der Waals surface area contributed by atoms with Crippen LogP contribution in [0, 0.1) is 0 Å². The number of amides is 1. The Bertz CT molecular complexity index is 929. The lowest BCUT2D eigenvalue weighted by atomic mass is 10.0. The number of sulfonamides is 1. The average Bonchev–Trinajstić information content (AvgIpc) is 2.73. The zero-order valence-corrected chi connectivity index (χ0v) is 18.4. The number of carbonyl (C=O) groups excluding carboxylic acids is 1. The Morgan fingerprint density at radius 1 is 1.00 bits per heavy atom. The average molecular weight is 415 g/mol. The van der Waals surface area contributed by atoms with Crippen LogP contribution in [0.5, 0.6) is 0 Å². The molecule has 1 atom stereocenters. The standard InChI is InChI=1S/C23H30N2O3S/c1-5-19-8-13-21(14-9-19)18(4)24-23(26)17-12-20-10-15-22(16-11-20)29(27,28)25(6-2)7-3/h8-18H,5-7H2,1-4H3,(H,24,26)/b17-12+. The summed E-state index contributed by atoms with van der Waals surface area (Å²) in [4.78, 5) is 12.5. The van der Waals surface area contributed by atoms with E-state index >= 15 is 0 Å². The molecular weight excluding hydrogens is 384 g/mol. The maximum Gasteiger partial charge on any atom is 0.244 e. The molecule has 0 aliphatic heterocycles. The molecule has 1 unspecified atom stereocenters. The highest BCUT2D eigenvalue weighted by Crippen LogP contribution is 2.17. The van der Waals surface area contributed by atoms with Crippen molar-refractivity contribution in [3.8, 4) is 0 Å². The van der Waals surface area contributed by atoms with Gasteiger partial charge in [-0.3, -0.25) is 4.79 Å². The van der Waals surface area contributed by atoms with Gasteiger partial charge >= 0.3 is 0 Å². The van der Waals surface area contributed by atoms with Crippen LogP contribution in [0.25, 0.3) is 6.08 Å². The molecule has 1 N–H and O–H groups in total. The molecule has 5 nitrogen and oxygen atoms in total. The first kappa shape index (κ1) is 22.8.